The minimum atomic E-state index is 0.230. The maximum atomic E-state index is 5.71. The van der Waals surface area contributed by atoms with Crippen LogP contribution in [0.25, 0.3) is 0 Å². The highest BCUT2D eigenvalue weighted by atomic mass is 16.7. The number of benzene rings is 1. The third-order valence-electron chi connectivity index (χ3n) is 2.35. The quantitative estimate of drug-likeness (QED) is 0.794. The maximum absolute atomic E-state index is 5.71. The first-order chi connectivity index (χ1) is 6.77. The summed E-state index contributed by atoms with van der Waals surface area (Å²) in [5.41, 5.74) is 6.91. The van der Waals surface area contributed by atoms with E-state index in [4.69, 9.17) is 15.2 Å². The smallest absolute Gasteiger partial charge is 0.231 e. The summed E-state index contributed by atoms with van der Waals surface area (Å²) >= 11 is 0. The van der Waals surface area contributed by atoms with E-state index < -0.39 is 0 Å². The summed E-state index contributed by atoms with van der Waals surface area (Å²) in [6, 6.07) is 6.21. The fourth-order valence-electron chi connectivity index (χ4n) is 1.57. The Balaban J connectivity index is 2.14. The van der Waals surface area contributed by atoms with E-state index in [1.807, 2.05) is 19.1 Å². The zero-order valence-electron chi connectivity index (χ0n) is 8.32. The topological polar surface area (TPSA) is 44.5 Å². The van der Waals surface area contributed by atoms with Gasteiger partial charge in [0, 0.05) is 6.04 Å². The van der Waals surface area contributed by atoms with Crippen LogP contribution in [0.3, 0.4) is 0 Å². The molecule has 0 saturated carbocycles. The fourth-order valence-corrected chi connectivity index (χ4v) is 1.57. The molecule has 1 aromatic rings. The highest BCUT2D eigenvalue weighted by Crippen LogP contribution is 2.35. The summed E-state index contributed by atoms with van der Waals surface area (Å²) in [6.45, 7) is 2.35. The molecule has 0 saturated heterocycles. The lowest BCUT2D eigenvalue weighted by atomic mass is 10.1. The first kappa shape index (κ1) is 9.34. The van der Waals surface area contributed by atoms with Crippen LogP contribution < -0.4 is 15.2 Å². The molecule has 76 valence electrons. The van der Waals surface area contributed by atoms with E-state index in [-0.39, 0.29) is 6.04 Å². The normalized spacial score (nSPS) is 15.6. The molecule has 0 amide bonds. The Hall–Kier alpha value is -1.22. The molecule has 1 heterocycles. The molecule has 3 heteroatoms. The van der Waals surface area contributed by atoms with Gasteiger partial charge in [-0.1, -0.05) is 12.1 Å². The number of hydrogen-bond acceptors (Lipinski definition) is 3. The highest BCUT2D eigenvalue weighted by Gasteiger charge is 2.16. The minimum absolute atomic E-state index is 0.230. The number of aryl methyl sites for hydroxylation is 1. The van der Waals surface area contributed by atoms with Gasteiger partial charge in [-0.3, -0.25) is 0 Å². The van der Waals surface area contributed by atoms with Gasteiger partial charge in [0.25, 0.3) is 0 Å². The van der Waals surface area contributed by atoms with Crippen LogP contribution in [-0.2, 0) is 6.42 Å². The monoisotopic (exact) mass is 193 g/mol. The van der Waals surface area contributed by atoms with Crippen molar-refractivity contribution in [1.82, 2.24) is 0 Å². The van der Waals surface area contributed by atoms with Crippen molar-refractivity contribution in [1.29, 1.82) is 0 Å². The van der Waals surface area contributed by atoms with Gasteiger partial charge in [-0.05, 0) is 31.4 Å². The number of para-hydroxylation sites is 1. The first-order valence-corrected chi connectivity index (χ1v) is 4.90. The van der Waals surface area contributed by atoms with E-state index in [0.717, 1.165) is 24.3 Å². The molecule has 3 nitrogen and oxygen atoms in total. The Bertz CT molecular complexity index is 323. The average Bonchev–Trinajstić information content (AvgIpc) is 2.62. The van der Waals surface area contributed by atoms with Crippen LogP contribution in [0.2, 0.25) is 0 Å². The van der Waals surface area contributed by atoms with Crippen LogP contribution in [0.15, 0.2) is 18.2 Å². The molecule has 1 aromatic carbocycles. The number of fused-ring (bicyclic) bond motifs is 1. The van der Waals surface area contributed by atoms with Crippen LogP contribution in [-0.4, -0.2) is 12.8 Å². The van der Waals surface area contributed by atoms with Gasteiger partial charge in [0.1, 0.15) is 0 Å². The Morgan fingerprint density at radius 2 is 2.29 bits per heavy atom. The summed E-state index contributed by atoms with van der Waals surface area (Å²) in [4.78, 5) is 0. The average molecular weight is 193 g/mol. The predicted molar refractivity (Wildman–Crippen MR) is 54.5 cm³/mol. The molecular weight excluding hydrogens is 178 g/mol. The molecule has 0 spiro atoms. The molecule has 1 atom stereocenters. The van der Waals surface area contributed by atoms with Gasteiger partial charge < -0.3 is 15.2 Å². The van der Waals surface area contributed by atoms with Crippen LogP contribution in [0.1, 0.15) is 18.9 Å². The minimum Gasteiger partial charge on any atom is -0.454 e. The summed E-state index contributed by atoms with van der Waals surface area (Å²) in [5, 5.41) is 0. The lowest BCUT2D eigenvalue weighted by molar-refractivity contribution is 0.173. The number of rotatable bonds is 3. The number of hydrogen-bond donors (Lipinski definition) is 1. The predicted octanol–water partition coefficient (Wildman–Crippen LogP) is 1.70. The fraction of sp³-hybridized carbons (Fsp3) is 0.455. The third kappa shape index (κ3) is 1.82. The molecule has 0 aromatic heterocycles. The van der Waals surface area contributed by atoms with Gasteiger partial charge in [0.15, 0.2) is 11.5 Å². The van der Waals surface area contributed by atoms with Crippen LogP contribution in [0.5, 0.6) is 11.5 Å². The van der Waals surface area contributed by atoms with Gasteiger partial charge in [-0.25, -0.2) is 0 Å². The first-order valence-electron chi connectivity index (χ1n) is 4.90. The molecular formula is C11H15NO2. The Morgan fingerprint density at radius 1 is 1.43 bits per heavy atom. The molecule has 2 N–H and O–H groups in total. The van der Waals surface area contributed by atoms with Gasteiger partial charge >= 0.3 is 0 Å². The van der Waals surface area contributed by atoms with Crippen molar-refractivity contribution in [3.05, 3.63) is 23.8 Å². The zero-order valence-corrected chi connectivity index (χ0v) is 8.32. The molecule has 0 aliphatic carbocycles. The van der Waals surface area contributed by atoms with E-state index in [2.05, 4.69) is 6.07 Å². The van der Waals surface area contributed by atoms with Gasteiger partial charge in [0.05, 0.1) is 0 Å². The van der Waals surface area contributed by atoms with Crippen molar-refractivity contribution in [2.24, 2.45) is 5.73 Å². The molecule has 1 aliphatic rings. The second-order valence-corrected chi connectivity index (χ2v) is 3.67. The van der Waals surface area contributed by atoms with E-state index in [9.17, 15) is 0 Å². The van der Waals surface area contributed by atoms with E-state index >= 15 is 0 Å². The second kappa shape index (κ2) is 3.88. The van der Waals surface area contributed by atoms with Gasteiger partial charge in [-0.2, -0.15) is 0 Å². The lowest BCUT2D eigenvalue weighted by Gasteiger charge is -2.07. The Morgan fingerprint density at radius 3 is 3.07 bits per heavy atom. The Labute approximate surface area is 83.8 Å². The van der Waals surface area contributed by atoms with Crippen molar-refractivity contribution in [3.8, 4) is 11.5 Å². The summed E-state index contributed by atoms with van der Waals surface area (Å²) < 4.78 is 10.7. The molecule has 1 aliphatic heterocycles. The van der Waals surface area contributed by atoms with E-state index in [0.29, 0.717) is 6.79 Å². The summed E-state index contributed by atoms with van der Waals surface area (Å²) in [6.07, 6.45) is 1.92. The molecule has 2 rings (SSSR count). The third-order valence-corrected chi connectivity index (χ3v) is 2.35. The largest absolute Gasteiger partial charge is 0.454 e. The highest BCUT2D eigenvalue weighted by molar-refractivity contribution is 5.48. The van der Waals surface area contributed by atoms with Crippen LogP contribution in [0.4, 0.5) is 0 Å². The van der Waals surface area contributed by atoms with Crippen molar-refractivity contribution in [2.45, 2.75) is 25.8 Å². The molecule has 14 heavy (non-hydrogen) atoms. The van der Waals surface area contributed by atoms with Gasteiger partial charge in [0.2, 0.25) is 6.79 Å². The van der Waals surface area contributed by atoms with E-state index in [1.54, 1.807) is 0 Å². The van der Waals surface area contributed by atoms with Crippen molar-refractivity contribution in [3.63, 3.8) is 0 Å². The van der Waals surface area contributed by atoms with Crippen molar-refractivity contribution < 1.29 is 9.47 Å². The van der Waals surface area contributed by atoms with Gasteiger partial charge in [-0.15, -0.1) is 0 Å². The SMILES string of the molecule is CC(N)CCc1cccc2c1OCO2. The Kier molecular flexibility index (Phi) is 2.59. The standard InChI is InChI=1S/C11H15NO2/c1-8(12)5-6-9-3-2-4-10-11(9)14-7-13-10/h2-4,8H,5-7,12H2,1H3. The summed E-state index contributed by atoms with van der Waals surface area (Å²) in [7, 11) is 0. The van der Waals surface area contributed by atoms with Crippen LogP contribution >= 0.6 is 0 Å². The molecule has 0 radical (unpaired) electrons. The number of ether oxygens (including phenoxy) is 2. The lowest BCUT2D eigenvalue weighted by Crippen LogP contribution is -2.15. The summed E-state index contributed by atoms with van der Waals surface area (Å²) in [5.74, 6) is 1.75. The second-order valence-electron chi connectivity index (χ2n) is 3.67. The van der Waals surface area contributed by atoms with Crippen LogP contribution in [0, 0.1) is 0 Å². The molecule has 0 bridgehead atoms. The maximum Gasteiger partial charge on any atom is 0.231 e. The van der Waals surface area contributed by atoms with E-state index in [1.165, 1.54) is 5.56 Å². The van der Waals surface area contributed by atoms with Crippen molar-refractivity contribution in [2.75, 3.05) is 6.79 Å². The molecule has 1 unspecified atom stereocenters. The van der Waals surface area contributed by atoms with Crippen molar-refractivity contribution >= 4 is 0 Å². The molecule has 0 fully saturated rings. The zero-order chi connectivity index (χ0) is 9.97. The number of nitrogens with two attached hydrogens (primary N) is 1.